The van der Waals surface area contributed by atoms with Crippen LogP contribution in [0, 0.1) is 0 Å². The van der Waals surface area contributed by atoms with Crippen LogP contribution in [0.25, 0.3) is 10.9 Å². The highest BCUT2D eigenvalue weighted by Gasteiger charge is 2.25. The minimum absolute atomic E-state index is 0.131. The van der Waals surface area contributed by atoms with Gasteiger partial charge in [0.2, 0.25) is 0 Å². The van der Waals surface area contributed by atoms with E-state index in [2.05, 4.69) is 0 Å². The Hall–Kier alpha value is -1.61. The van der Waals surface area contributed by atoms with Crippen LogP contribution in [-0.2, 0) is 11.8 Å². The van der Waals surface area contributed by atoms with Gasteiger partial charge in [-0.25, -0.2) is 0 Å². The highest BCUT2D eigenvalue weighted by atomic mass is 16.5. The number of carbonyl (C=O) groups excluding carboxylic acids is 1. The fraction of sp³-hybridized carbons (Fsp3) is 0.400. The zero-order valence-corrected chi connectivity index (χ0v) is 10.6. The van der Waals surface area contributed by atoms with E-state index >= 15 is 0 Å². The van der Waals surface area contributed by atoms with E-state index in [9.17, 15) is 4.79 Å². The number of hydrogen-bond donors (Lipinski definition) is 0. The van der Waals surface area contributed by atoms with Gasteiger partial charge in [-0.1, -0.05) is 18.2 Å². The maximum atomic E-state index is 12.5. The summed E-state index contributed by atoms with van der Waals surface area (Å²) in [5, 5.41) is 1.03. The number of para-hydroxylation sites is 1. The van der Waals surface area contributed by atoms with E-state index in [1.807, 2.05) is 42.1 Å². The van der Waals surface area contributed by atoms with Crippen LogP contribution in [0.2, 0.25) is 0 Å². The zero-order chi connectivity index (χ0) is 12.5. The third kappa shape index (κ3) is 1.85. The van der Waals surface area contributed by atoms with Crippen molar-refractivity contribution in [3.05, 3.63) is 36.0 Å². The van der Waals surface area contributed by atoms with Crippen molar-refractivity contribution in [3.8, 4) is 0 Å². The molecule has 0 radical (unpaired) electrons. The molecule has 2 aromatic rings. The number of aromatic nitrogens is 1. The number of ether oxygens (including phenoxy) is 1. The number of aryl methyl sites for hydroxylation is 1. The molecule has 0 aliphatic carbocycles. The second-order valence-corrected chi connectivity index (χ2v) is 4.89. The summed E-state index contributed by atoms with van der Waals surface area (Å²) in [6.45, 7) is 0.709. The fourth-order valence-corrected chi connectivity index (χ4v) is 2.66. The van der Waals surface area contributed by atoms with Crippen LogP contribution >= 0.6 is 0 Å². The first-order chi connectivity index (χ1) is 8.77. The number of fused-ring (bicyclic) bond motifs is 1. The van der Waals surface area contributed by atoms with Crippen molar-refractivity contribution in [2.75, 3.05) is 6.61 Å². The smallest absolute Gasteiger partial charge is 0.193 e. The number of Topliss-reactive ketones (excluding diaryl/α,β-unsaturated/α-hetero) is 1. The van der Waals surface area contributed by atoms with Gasteiger partial charge < -0.3 is 9.30 Å². The molecule has 1 unspecified atom stereocenters. The van der Waals surface area contributed by atoms with Crippen LogP contribution in [0.5, 0.6) is 0 Å². The quantitative estimate of drug-likeness (QED) is 0.759. The lowest BCUT2D eigenvalue weighted by atomic mass is 9.99. The van der Waals surface area contributed by atoms with Crippen molar-refractivity contribution in [1.29, 1.82) is 0 Å². The molecular weight excluding hydrogens is 226 g/mol. The van der Waals surface area contributed by atoms with Gasteiger partial charge in [0.15, 0.2) is 5.78 Å². The highest BCUT2D eigenvalue weighted by molar-refractivity contribution is 6.10. The molecule has 0 spiro atoms. The number of nitrogens with zero attached hydrogens (tertiary/aromatic N) is 1. The van der Waals surface area contributed by atoms with Gasteiger partial charge in [0, 0.05) is 36.3 Å². The minimum atomic E-state index is -0.246. The van der Waals surface area contributed by atoms with Crippen LogP contribution in [-0.4, -0.2) is 23.1 Å². The molecule has 3 heteroatoms. The Morgan fingerprint density at radius 2 is 2.17 bits per heavy atom. The third-order valence-corrected chi connectivity index (χ3v) is 3.63. The molecule has 1 aliphatic heterocycles. The first kappa shape index (κ1) is 11.5. The molecule has 1 atom stereocenters. The van der Waals surface area contributed by atoms with Gasteiger partial charge >= 0.3 is 0 Å². The Morgan fingerprint density at radius 3 is 2.94 bits per heavy atom. The van der Waals surface area contributed by atoms with Crippen molar-refractivity contribution in [2.45, 2.75) is 25.4 Å². The molecule has 0 amide bonds. The Morgan fingerprint density at radius 1 is 1.33 bits per heavy atom. The summed E-state index contributed by atoms with van der Waals surface area (Å²) in [5.41, 5.74) is 1.89. The Bertz CT molecular complexity index is 579. The minimum Gasteiger partial charge on any atom is -0.370 e. The van der Waals surface area contributed by atoms with Crippen LogP contribution in [0.4, 0.5) is 0 Å². The number of rotatable bonds is 2. The van der Waals surface area contributed by atoms with Crippen LogP contribution in [0.15, 0.2) is 30.5 Å². The van der Waals surface area contributed by atoms with Crippen molar-refractivity contribution in [1.82, 2.24) is 4.57 Å². The molecule has 1 fully saturated rings. The maximum absolute atomic E-state index is 12.5. The summed E-state index contributed by atoms with van der Waals surface area (Å²) in [4.78, 5) is 12.5. The van der Waals surface area contributed by atoms with E-state index in [0.29, 0.717) is 6.61 Å². The molecule has 0 saturated carbocycles. The topological polar surface area (TPSA) is 31.2 Å². The average molecular weight is 243 g/mol. The molecule has 3 rings (SSSR count). The van der Waals surface area contributed by atoms with Crippen molar-refractivity contribution < 1.29 is 9.53 Å². The summed E-state index contributed by atoms with van der Waals surface area (Å²) in [7, 11) is 1.97. The molecule has 3 nitrogen and oxygen atoms in total. The fourth-order valence-electron chi connectivity index (χ4n) is 2.66. The normalized spacial score (nSPS) is 20.2. The van der Waals surface area contributed by atoms with Crippen molar-refractivity contribution in [2.24, 2.45) is 7.05 Å². The highest BCUT2D eigenvalue weighted by Crippen LogP contribution is 2.24. The number of ketones is 1. The predicted octanol–water partition coefficient (Wildman–Crippen LogP) is 2.93. The van der Waals surface area contributed by atoms with E-state index < -0.39 is 0 Å². The lowest BCUT2D eigenvalue weighted by Gasteiger charge is -2.20. The van der Waals surface area contributed by atoms with E-state index in [0.717, 1.165) is 35.7 Å². The van der Waals surface area contributed by atoms with Gasteiger partial charge in [-0.3, -0.25) is 4.79 Å². The first-order valence-corrected chi connectivity index (χ1v) is 6.47. The maximum Gasteiger partial charge on any atom is 0.193 e. The standard InChI is InChI=1S/C15H17NO2/c1-16-10-12(11-6-2-3-7-13(11)16)15(17)14-8-4-5-9-18-14/h2-3,6-7,10,14H,4-5,8-9H2,1H3. The van der Waals surface area contributed by atoms with Gasteiger partial charge in [-0.15, -0.1) is 0 Å². The largest absolute Gasteiger partial charge is 0.370 e. The van der Waals surface area contributed by atoms with E-state index in [-0.39, 0.29) is 11.9 Å². The summed E-state index contributed by atoms with van der Waals surface area (Å²) in [5.74, 6) is 0.131. The molecule has 18 heavy (non-hydrogen) atoms. The van der Waals surface area contributed by atoms with Gasteiger partial charge in [0.05, 0.1) is 0 Å². The summed E-state index contributed by atoms with van der Waals surface area (Å²) in [6, 6.07) is 8.01. The number of carbonyl (C=O) groups is 1. The SMILES string of the molecule is Cn1cc(C(=O)C2CCCCO2)c2ccccc21. The second kappa shape index (κ2) is 4.58. The van der Waals surface area contributed by atoms with Crippen LogP contribution < -0.4 is 0 Å². The monoisotopic (exact) mass is 243 g/mol. The lowest BCUT2D eigenvalue weighted by molar-refractivity contribution is 0.0187. The zero-order valence-electron chi connectivity index (χ0n) is 10.6. The Labute approximate surface area is 106 Å². The summed E-state index contributed by atoms with van der Waals surface area (Å²) in [6.07, 6.45) is 4.68. The molecule has 2 heterocycles. The second-order valence-electron chi connectivity index (χ2n) is 4.89. The molecule has 1 aliphatic rings. The molecule has 1 saturated heterocycles. The van der Waals surface area contributed by atoms with E-state index in [1.165, 1.54) is 0 Å². The van der Waals surface area contributed by atoms with Gasteiger partial charge in [-0.2, -0.15) is 0 Å². The van der Waals surface area contributed by atoms with Crippen molar-refractivity contribution >= 4 is 16.7 Å². The third-order valence-electron chi connectivity index (χ3n) is 3.63. The molecule has 1 aromatic heterocycles. The van der Waals surface area contributed by atoms with Gasteiger partial charge in [-0.05, 0) is 25.3 Å². The average Bonchev–Trinajstić information content (AvgIpc) is 2.77. The van der Waals surface area contributed by atoms with Crippen LogP contribution in [0.3, 0.4) is 0 Å². The lowest BCUT2D eigenvalue weighted by Crippen LogP contribution is -2.28. The Kier molecular flexibility index (Phi) is 2.92. The molecule has 0 bridgehead atoms. The number of hydrogen-bond acceptors (Lipinski definition) is 2. The predicted molar refractivity (Wildman–Crippen MR) is 70.8 cm³/mol. The summed E-state index contributed by atoms with van der Waals surface area (Å²) >= 11 is 0. The van der Waals surface area contributed by atoms with Crippen molar-refractivity contribution in [3.63, 3.8) is 0 Å². The molecule has 94 valence electrons. The molecular formula is C15H17NO2. The summed E-state index contributed by atoms with van der Waals surface area (Å²) < 4.78 is 7.60. The Balaban J connectivity index is 2.00. The van der Waals surface area contributed by atoms with Gasteiger partial charge in [0.1, 0.15) is 6.10 Å². The van der Waals surface area contributed by atoms with Gasteiger partial charge in [0.25, 0.3) is 0 Å². The molecule has 1 aromatic carbocycles. The molecule has 0 N–H and O–H groups in total. The van der Waals surface area contributed by atoms with Crippen LogP contribution in [0.1, 0.15) is 29.6 Å². The van der Waals surface area contributed by atoms with E-state index in [1.54, 1.807) is 0 Å². The first-order valence-electron chi connectivity index (χ1n) is 6.47. The number of benzene rings is 1. The van der Waals surface area contributed by atoms with E-state index in [4.69, 9.17) is 4.74 Å².